The average Bonchev–Trinajstić information content (AvgIpc) is 3.35. The number of allylic oxidation sites excluding steroid dienone is 18. The highest BCUT2D eigenvalue weighted by atomic mass is 16.6. The molecule has 0 aliphatic heterocycles. The van der Waals surface area contributed by atoms with Gasteiger partial charge in [-0.2, -0.15) is 0 Å². The number of hydrogen-bond donors (Lipinski definition) is 0. The molecule has 0 heterocycles. The predicted octanol–water partition coefficient (Wildman–Crippen LogP) is 19.1. The van der Waals surface area contributed by atoms with Crippen molar-refractivity contribution >= 4 is 17.9 Å². The largest absolute Gasteiger partial charge is 0.462 e. The van der Waals surface area contributed by atoms with Gasteiger partial charge in [-0.1, -0.05) is 233 Å². The van der Waals surface area contributed by atoms with Gasteiger partial charge < -0.3 is 14.2 Å². The molecular formula is C63H104O6. The fourth-order valence-corrected chi connectivity index (χ4v) is 7.56. The smallest absolute Gasteiger partial charge is 0.306 e. The van der Waals surface area contributed by atoms with E-state index < -0.39 is 6.10 Å². The van der Waals surface area contributed by atoms with Crippen molar-refractivity contribution in [2.75, 3.05) is 13.2 Å². The van der Waals surface area contributed by atoms with Crippen molar-refractivity contribution in [3.63, 3.8) is 0 Å². The second-order valence-electron chi connectivity index (χ2n) is 18.4. The molecule has 69 heavy (non-hydrogen) atoms. The average molecular weight is 958 g/mol. The zero-order valence-corrected chi connectivity index (χ0v) is 44.8. The standard InChI is InChI=1S/C63H104O6/c1-4-7-10-13-16-19-22-25-27-29-30-31-32-34-35-38-41-44-47-50-53-56-62(65)68-59-60(58-67-61(64)55-52-49-46-43-40-37-24-21-18-15-12-9-6-3)69-63(66)57-54-51-48-45-42-39-36-33-28-26-23-20-17-14-11-8-5-2/h8-9,11-12,17-18,20-22,25-26,28-30,37,40,46,49,60H,4-7,10,13-16,19,23-24,27,31-36,38-39,41-45,47-48,50-59H2,1-3H3/b11-8-,12-9-,20-17-,21-18-,25-22-,28-26-,30-29-,40-37-,49-46-. The number of ether oxygens (including phenoxy) is 3. The lowest BCUT2D eigenvalue weighted by Gasteiger charge is -2.18. The summed E-state index contributed by atoms with van der Waals surface area (Å²) in [5, 5.41) is 0. The Morgan fingerprint density at radius 2 is 0.594 bits per heavy atom. The minimum atomic E-state index is -0.816. The van der Waals surface area contributed by atoms with Gasteiger partial charge in [0, 0.05) is 19.3 Å². The van der Waals surface area contributed by atoms with Crippen LogP contribution >= 0.6 is 0 Å². The quantitative estimate of drug-likeness (QED) is 0.0262. The first-order chi connectivity index (χ1) is 34.0. The highest BCUT2D eigenvalue weighted by Crippen LogP contribution is 2.14. The highest BCUT2D eigenvalue weighted by molar-refractivity contribution is 5.71. The minimum absolute atomic E-state index is 0.108. The van der Waals surface area contributed by atoms with Crippen molar-refractivity contribution in [1.82, 2.24) is 0 Å². The molecule has 0 spiro atoms. The molecule has 0 aliphatic rings. The Balaban J connectivity index is 4.44. The van der Waals surface area contributed by atoms with Crippen molar-refractivity contribution < 1.29 is 28.6 Å². The number of rotatable bonds is 50. The van der Waals surface area contributed by atoms with Crippen LogP contribution in [0, 0.1) is 0 Å². The molecule has 0 bridgehead atoms. The van der Waals surface area contributed by atoms with Crippen LogP contribution in [0.25, 0.3) is 0 Å². The van der Waals surface area contributed by atoms with Crippen molar-refractivity contribution in [2.24, 2.45) is 0 Å². The molecule has 1 unspecified atom stereocenters. The summed E-state index contributed by atoms with van der Waals surface area (Å²) in [5.41, 5.74) is 0. The van der Waals surface area contributed by atoms with Gasteiger partial charge in [0.2, 0.25) is 0 Å². The molecule has 0 saturated carbocycles. The molecule has 0 amide bonds. The van der Waals surface area contributed by atoms with Crippen molar-refractivity contribution in [1.29, 1.82) is 0 Å². The van der Waals surface area contributed by atoms with Gasteiger partial charge in [0.15, 0.2) is 6.10 Å². The second-order valence-corrected chi connectivity index (χ2v) is 18.4. The van der Waals surface area contributed by atoms with E-state index in [2.05, 4.69) is 118 Å². The van der Waals surface area contributed by atoms with Crippen LogP contribution in [0.2, 0.25) is 0 Å². The molecular weight excluding hydrogens is 853 g/mol. The van der Waals surface area contributed by atoms with Gasteiger partial charge in [0.05, 0.1) is 0 Å². The van der Waals surface area contributed by atoms with Crippen LogP contribution in [-0.4, -0.2) is 37.2 Å². The van der Waals surface area contributed by atoms with Gasteiger partial charge in [-0.25, -0.2) is 0 Å². The fourth-order valence-electron chi connectivity index (χ4n) is 7.56. The first-order valence-corrected chi connectivity index (χ1v) is 28.4. The molecule has 0 saturated heterocycles. The van der Waals surface area contributed by atoms with Crippen molar-refractivity contribution in [2.45, 2.75) is 258 Å². The molecule has 0 fully saturated rings. The summed E-state index contributed by atoms with van der Waals surface area (Å²) in [4.78, 5) is 38.1. The van der Waals surface area contributed by atoms with Crippen molar-refractivity contribution in [3.8, 4) is 0 Å². The Morgan fingerprint density at radius 3 is 0.971 bits per heavy atom. The van der Waals surface area contributed by atoms with Crippen LogP contribution in [0.5, 0.6) is 0 Å². The Kier molecular flexibility index (Phi) is 53.4. The van der Waals surface area contributed by atoms with E-state index in [1.165, 1.54) is 109 Å². The van der Waals surface area contributed by atoms with Gasteiger partial charge in [0.25, 0.3) is 0 Å². The molecule has 6 heteroatoms. The number of unbranched alkanes of at least 4 members (excludes halogenated alkanes) is 21. The lowest BCUT2D eigenvalue weighted by Crippen LogP contribution is -2.30. The molecule has 0 radical (unpaired) electrons. The maximum Gasteiger partial charge on any atom is 0.306 e. The SMILES string of the molecule is CC/C=C\C/C=C\C/C=C\C/C=C\CCC(=O)OCC(COC(=O)CCCCCCCCCCC/C=C\C/C=C\CCCCCCC)OC(=O)CCCCCCCCC/C=C\C/C=C\C/C=C\CC. The van der Waals surface area contributed by atoms with E-state index in [-0.39, 0.29) is 37.5 Å². The normalized spacial score (nSPS) is 12.9. The fraction of sp³-hybridized carbons (Fsp3) is 0.667. The summed E-state index contributed by atoms with van der Waals surface area (Å²) < 4.78 is 16.8. The molecule has 0 aromatic heterocycles. The summed E-state index contributed by atoms with van der Waals surface area (Å²) in [5.74, 6) is -1.01. The van der Waals surface area contributed by atoms with E-state index >= 15 is 0 Å². The van der Waals surface area contributed by atoms with Gasteiger partial charge >= 0.3 is 17.9 Å². The molecule has 0 aromatic carbocycles. The maximum absolute atomic E-state index is 12.8. The molecule has 0 aliphatic carbocycles. The summed E-state index contributed by atoms with van der Waals surface area (Å²) in [7, 11) is 0. The molecule has 6 nitrogen and oxygen atoms in total. The first kappa shape index (κ1) is 65.1. The van der Waals surface area contributed by atoms with Gasteiger partial charge in [-0.05, 0) is 109 Å². The maximum atomic E-state index is 12.8. The van der Waals surface area contributed by atoms with E-state index in [1.807, 2.05) is 12.2 Å². The summed E-state index contributed by atoms with van der Waals surface area (Å²) in [6.45, 7) is 6.33. The topological polar surface area (TPSA) is 78.9 Å². The second kappa shape index (κ2) is 56.7. The van der Waals surface area contributed by atoms with Crippen LogP contribution in [0.1, 0.15) is 252 Å². The Bertz CT molecular complexity index is 1420. The zero-order chi connectivity index (χ0) is 50.0. The van der Waals surface area contributed by atoms with Gasteiger partial charge in [0.1, 0.15) is 13.2 Å². The Hall–Kier alpha value is -3.93. The highest BCUT2D eigenvalue weighted by Gasteiger charge is 2.19. The van der Waals surface area contributed by atoms with Crippen LogP contribution < -0.4 is 0 Å². The molecule has 1 atom stereocenters. The van der Waals surface area contributed by atoms with E-state index in [0.29, 0.717) is 19.3 Å². The molecule has 0 N–H and O–H groups in total. The Morgan fingerprint density at radius 1 is 0.304 bits per heavy atom. The van der Waals surface area contributed by atoms with E-state index in [1.54, 1.807) is 0 Å². The summed E-state index contributed by atoms with van der Waals surface area (Å²) in [6.07, 6.45) is 76.6. The minimum Gasteiger partial charge on any atom is -0.462 e. The Labute approximate surface area is 425 Å². The zero-order valence-electron chi connectivity index (χ0n) is 44.8. The van der Waals surface area contributed by atoms with E-state index in [4.69, 9.17) is 14.2 Å². The van der Waals surface area contributed by atoms with Crippen LogP contribution in [-0.2, 0) is 28.6 Å². The lowest BCUT2D eigenvalue weighted by atomic mass is 10.1. The monoisotopic (exact) mass is 957 g/mol. The van der Waals surface area contributed by atoms with Crippen LogP contribution in [0.15, 0.2) is 109 Å². The van der Waals surface area contributed by atoms with Gasteiger partial charge in [-0.15, -0.1) is 0 Å². The van der Waals surface area contributed by atoms with E-state index in [0.717, 1.165) is 96.3 Å². The molecule has 0 rings (SSSR count). The number of carbonyl (C=O) groups excluding carboxylic acids is 3. The third-order valence-electron chi connectivity index (χ3n) is 11.8. The molecule has 392 valence electrons. The number of esters is 3. The number of carbonyl (C=O) groups is 3. The van der Waals surface area contributed by atoms with Gasteiger partial charge in [-0.3, -0.25) is 14.4 Å². The van der Waals surface area contributed by atoms with E-state index in [9.17, 15) is 14.4 Å². The third-order valence-corrected chi connectivity index (χ3v) is 11.8. The number of hydrogen-bond acceptors (Lipinski definition) is 6. The third kappa shape index (κ3) is 54.9. The summed E-state index contributed by atoms with van der Waals surface area (Å²) >= 11 is 0. The first-order valence-electron chi connectivity index (χ1n) is 28.4. The molecule has 0 aromatic rings. The van der Waals surface area contributed by atoms with Crippen molar-refractivity contribution in [3.05, 3.63) is 109 Å². The summed E-state index contributed by atoms with van der Waals surface area (Å²) in [6, 6.07) is 0. The lowest BCUT2D eigenvalue weighted by molar-refractivity contribution is -0.166. The van der Waals surface area contributed by atoms with Crippen LogP contribution in [0.4, 0.5) is 0 Å². The predicted molar refractivity (Wildman–Crippen MR) is 297 cm³/mol. The van der Waals surface area contributed by atoms with Crippen LogP contribution in [0.3, 0.4) is 0 Å².